The van der Waals surface area contributed by atoms with Gasteiger partial charge in [-0.05, 0) is 27.2 Å². The minimum absolute atomic E-state index is 0.135. The molecule has 0 aromatic carbocycles. The fourth-order valence-corrected chi connectivity index (χ4v) is 1.73. The Morgan fingerprint density at radius 2 is 1.72 bits per heavy atom. The van der Waals surface area contributed by atoms with Gasteiger partial charge in [0.1, 0.15) is 0 Å². The van der Waals surface area contributed by atoms with E-state index in [0.717, 1.165) is 19.6 Å². The topological polar surface area (TPSA) is 30.5 Å². The molecule has 3 nitrogen and oxygen atoms in total. The molecule has 3 heteroatoms. The molecular formula is C15H33NO2. The van der Waals surface area contributed by atoms with Crippen molar-refractivity contribution in [3.8, 4) is 0 Å². The first-order valence-corrected chi connectivity index (χ1v) is 7.35. The normalized spacial score (nSPS) is 13.8. The molecule has 0 aromatic heterocycles. The Morgan fingerprint density at radius 1 is 1.06 bits per heavy atom. The van der Waals surface area contributed by atoms with Gasteiger partial charge in [0.2, 0.25) is 0 Å². The Labute approximate surface area is 114 Å². The molecule has 1 N–H and O–H groups in total. The van der Waals surface area contributed by atoms with E-state index in [-0.39, 0.29) is 11.6 Å². The van der Waals surface area contributed by atoms with E-state index in [0.29, 0.717) is 6.61 Å². The Morgan fingerprint density at radius 3 is 2.28 bits per heavy atom. The second-order valence-electron chi connectivity index (χ2n) is 5.99. The zero-order valence-corrected chi connectivity index (χ0v) is 13.1. The highest BCUT2D eigenvalue weighted by Crippen LogP contribution is 2.05. The number of ether oxygens (including phenoxy) is 2. The summed E-state index contributed by atoms with van der Waals surface area (Å²) in [5, 5.41) is 3.46. The van der Waals surface area contributed by atoms with E-state index in [1.54, 1.807) is 7.11 Å². The molecule has 0 bridgehead atoms. The Balaban J connectivity index is 3.63. The van der Waals surface area contributed by atoms with Crippen LogP contribution in [0.4, 0.5) is 0 Å². The van der Waals surface area contributed by atoms with Gasteiger partial charge in [-0.1, -0.05) is 32.6 Å². The highest BCUT2D eigenvalue weighted by Gasteiger charge is 2.14. The number of unbranched alkanes of at least 4 members (excludes halogenated alkanes) is 4. The third-order valence-electron chi connectivity index (χ3n) is 2.81. The molecule has 0 amide bonds. The molecule has 0 rings (SSSR count). The van der Waals surface area contributed by atoms with Crippen LogP contribution in [0.15, 0.2) is 0 Å². The molecular weight excluding hydrogens is 226 g/mol. The molecule has 18 heavy (non-hydrogen) atoms. The van der Waals surface area contributed by atoms with E-state index in [4.69, 9.17) is 9.47 Å². The number of methoxy groups -OCH3 is 1. The molecule has 0 saturated carbocycles. The van der Waals surface area contributed by atoms with Crippen LogP contribution >= 0.6 is 0 Å². The van der Waals surface area contributed by atoms with Crippen LogP contribution in [0.2, 0.25) is 0 Å². The minimum Gasteiger partial charge on any atom is -0.382 e. The van der Waals surface area contributed by atoms with E-state index < -0.39 is 0 Å². The van der Waals surface area contributed by atoms with E-state index >= 15 is 0 Å². The number of hydrogen-bond donors (Lipinski definition) is 1. The van der Waals surface area contributed by atoms with Crippen LogP contribution < -0.4 is 5.32 Å². The summed E-state index contributed by atoms with van der Waals surface area (Å²) in [6, 6.07) is 0. The molecule has 0 radical (unpaired) electrons. The van der Waals surface area contributed by atoms with Gasteiger partial charge in [0.15, 0.2) is 0 Å². The van der Waals surface area contributed by atoms with Gasteiger partial charge < -0.3 is 14.8 Å². The van der Waals surface area contributed by atoms with Crippen LogP contribution in [0, 0.1) is 0 Å². The molecule has 0 aliphatic rings. The van der Waals surface area contributed by atoms with Crippen LogP contribution in [-0.4, -0.2) is 38.5 Å². The summed E-state index contributed by atoms with van der Waals surface area (Å²) >= 11 is 0. The maximum Gasteiger partial charge on any atom is 0.0932 e. The van der Waals surface area contributed by atoms with Gasteiger partial charge in [0.05, 0.1) is 12.7 Å². The molecule has 1 unspecified atom stereocenters. The zero-order valence-electron chi connectivity index (χ0n) is 13.1. The minimum atomic E-state index is 0.135. The highest BCUT2D eigenvalue weighted by atomic mass is 16.5. The van der Waals surface area contributed by atoms with Crippen molar-refractivity contribution in [1.82, 2.24) is 5.32 Å². The Hall–Kier alpha value is -0.120. The second kappa shape index (κ2) is 10.8. The van der Waals surface area contributed by atoms with Crippen molar-refractivity contribution in [3.05, 3.63) is 0 Å². The number of nitrogens with one attached hydrogen (secondary N) is 1. The van der Waals surface area contributed by atoms with E-state index in [2.05, 4.69) is 33.0 Å². The average Bonchev–Trinajstić information content (AvgIpc) is 2.29. The van der Waals surface area contributed by atoms with Crippen molar-refractivity contribution >= 4 is 0 Å². The Kier molecular flexibility index (Phi) is 10.7. The van der Waals surface area contributed by atoms with Gasteiger partial charge in [-0.2, -0.15) is 0 Å². The summed E-state index contributed by atoms with van der Waals surface area (Å²) < 4.78 is 11.1. The van der Waals surface area contributed by atoms with Crippen molar-refractivity contribution in [3.63, 3.8) is 0 Å². The molecule has 0 spiro atoms. The van der Waals surface area contributed by atoms with E-state index in [1.807, 2.05) is 0 Å². The van der Waals surface area contributed by atoms with Gasteiger partial charge in [-0.25, -0.2) is 0 Å². The van der Waals surface area contributed by atoms with Crippen LogP contribution in [0.3, 0.4) is 0 Å². The molecule has 0 heterocycles. The van der Waals surface area contributed by atoms with Crippen molar-refractivity contribution in [2.24, 2.45) is 0 Å². The maximum absolute atomic E-state index is 5.87. The first-order valence-electron chi connectivity index (χ1n) is 7.35. The maximum atomic E-state index is 5.87. The first-order chi connectivity index (χ1) is 8.49. The molecule has 0 saturated heterocycles. The molecule has 110 valence electrons. The highest BCUT2D eigenvalue weighted by molar-refractivity contribution is 4.73. The van der Waals surface area contributed by atoms with Crippen LogP contribution in [0.5, 0.6) is 0 Å². The summed E-state index contributed by atoms with van der Waals surface area (Å²) in [6.45, 7) is 11.1. The van der Waals surface area contributed by atoms with Crippen molar-refractivity contribution in [2.75, 3.05) is 26.9 Å². The Bertz CT molecular complexity index is 178. The molecule has 0 aliphatic carbocycles. The largest absolute Gasteiger partial charge is 0.382 e. The van der Waals surface area contributed by atoms with Crippen LogP contribution in [0.25, 0.3) is 0 Å². The number of rotatable bonds is 11. The first kappa shape index (κ1) is 17.9. The lowest BCUT2D eigenvalue weighted by Crippen LogP contribution is -2.43. The van der Waals surface area contributed by atoms with Gasteiger partial charge in [0, 0.05) is 25.8 Å². The summed E-state index contributed by atoms with van der Waals surface area (Å²) in [5.41, 5.74) is 0.135. The van der Waals surface area contributed by atoms with E-state index in [9.17, 15) is 0 Å². The smallest absolute Gasteiger partial charge is 0.0932 e. The van der Waals surface area contributed by atoms with Gasteiger partial charge in [0.25, 0.3) is 0 Å². The monoisotopic (exact) mass is 259 g/mol. The third-order valence-corrected chi connectivity index (χ3v) is 2.81. The number of hydrogen-bond acceptors (Lipinski definition) is 3. The summed E-state index contributed by atoms with van der Waals surface area (Å²) in [7, 11) is 1.73. The average molecular weight is 259 g/mol. The van der Waals surface area contributed by atoms with Gasteiger partial charge >= 0.3 is 0 Å². The SMILES string of the molecule is CCCCCCCOC(CNC(C)(C)C)COC. The van der Waals surface area contributed by atoms with Crippen molar-refractivity contribution in [2.45, 2.75) is 71.4 Å². The lowest BCUT2D eigenvalue weighted by Gasteiger charge is -2.25. The second-order valence-corrected chi connectivity index (χ2v) is 5.99. The molecule has 0 aliphatic heterocycles. The molecule has 1 atom stereocenters. The zero-order chi connectivity index (χ0) is 13.9. The van der Waals surface area contributed by atoms with Crippen molar-refractivity contribution < 1.29 is 9.47 Å². The van der Waals surface area contributed by atoms with Crippen LogP contribution in [0.1, 0.15) is 59.8 Å². The third kappa shape index (κ3) is 12.3. The molecule has 0 aromatic rings. The fraction of sp³-hybridized carbons (Fsp3) is 1.00. The van der Waals surface area contributed by atoms with E-state index in [1.165, 1.54) is 25.7 Å². The summed E-state index contributed by atoms with van der Waals surface area (Å²) in [5.74, 6) is 0. The van der Waals surface area contributed by atoms with Gasteiger partial charge in [-0.3, -0.25) is 0 Å². The predicted molar refractivity (Wildman–Crippen MR) is 78.1 cm³/mol. The molecule has 0 fully saturated rings. The fourth-order valence-electron chi connectivity index (χ4n) is 1.73. The van der Waals surface area contributed by atoms with Gasteiger partial charge in [-0.15, -0.1) is 0 Å². The van der Waals surface area contributed by atoms with Crippen LogP contribution in [-0.2, 0) is 9.47 Å². The lowest BCUT2D eigenvalue weighted by atomic mass is 10.1. The predicted octanol–water partition coefficient (Wildman–Crippen LogP) is 3.38. The quantitative estimate of drug-likeness (QED) is 0.577. The summed E-state index contributed by atoms with van der Waals surface area (Å²) in [4.78, 5) is 0. The summed E-state index contributed by atoms with van der Waals surface area (Å²) in [6.07, 6.45) is 6.57. The standard InChI is InChI=1S/C15H33NO2/c1-6-7-8-9-10-11-18-14(13-17-5)12-16-15(2,3)4/h14,16H,6-13H2,1-5H3. The lowest BCUT2D eigenvalue weighted by molar-refractivity contribution is -0.00522. The van der Waals surface area contributed by atoms with Crippen molar-refractivity contribution in [1.29, 1.82) is 0 Å².